The Morgan fingerprint density at radius 3 is 2.96 bits per heavy atom. The van der Waals surface area contributed by atoms with Gasteiger partial charge >= 0.3 is 0 Å². The average molecular weight is 370 g/mol. The van der Waals surface area contributed by atoms with E-state index in [1.807, 2.05) is 11.8 Å². The lowest BCUT2D eigenvalue weighted by Gasteiger charge is -2.57. The smallest absolute Gasteiger partial charge is 0.165 e. The van der Waals surface area contributed by atoms with Crippen molar-refractivity contribution in [2.75, 3.05) is 26.5 Å². The molecule has 0 unspecified atom stereocenters. The van der Waals surface area contributed by atoms with Crippen LogP contribution in [0.4, 0.5) is 0 Å². The highest BCUT2D eigenvalue weighted by Crippen LogP contribution is 2.63. The van der Waals surface area contributed by atoms with Gasteiger partial charge in [0.05, 0.1) is 12.4 Å². The van der Waals surface area contributed by atoms with E-state index in [1.165, 1.54) is 43.5 Å². The average Bonchev–Trinajstić information content (AvgIpc) is 3.41. The van der Waals surface area contributed by atoms with Gasteiger partial charge in [0.15, 0.2) is 11.5 Å². The molecular weight excluding hydrogens is 342 g/mol. The van der Waals surface area contributed by atoms with Gasteiger partial charge in [0.1, 0.15) is 6.10 Å². The van der Waals surface area contributed by atoms with Crippen LogP contribution in [-0.4, -0.2) is 48.8 Å². The van der Waals surface area contributed by atoms with Crippen molar-refractivity contribution in [3.8, 4) is 11.5 Å². The normalized spacial score (nSPS) is 39.5. The first-order valence-corrected chi connectivity index (χ1v) is 11.4. The minimum Gasteiger partial charge on any atom is -0.493 e. The lowest BCUT2D eigenvalue weighted by Crippen LogP contribution is -2.65. The van der Waals surface area contributed by atoms with Crippen LogP contribution in [0.15, 0.2) is 24.3 Å². The lowest BCUT2D eigenvalue weighted by molar-refractivity contribution is -0.00949. The second-order valence-electron chi connectivity index (χ2n) is 8.78. The van der Waals surface area contributed by atoms with Crippen LogP contribution >= 0.6 is 11.8 Å². The molecule has 3 aliphatic carbocycles. The van der Waals surface area contributed by atoms with E-state index in [4.69, 9.17) is 9.47 Å². The summed E-state index contributed by atoms with van der Waals surface area (Å²) in [5.74, 6) is 3.52. The fraction of sp³-hybridized carbons (Fsp3) is 0.636. The number of nitrogens with zero attached hydrogens (tertiary/aromatic N) is 1. The Bertz CT molecular complexity index is 789. The Balaban J connectivity index is 1.53. The molecule has 1 aromatic carbocycles. The summed E-state index contributed by atoms with van der Waals surface area (Å²) in [5, 5.41) is 0.435. The number of rotatable bonds is 4. The molecule has 1 aromatic rings. The van der Waals surface area contributed by atoms with Crippen LogP contribution in [0.3, 0.4) is 0 Å². The summed E-state index contributed by atoms with van der Waals surface area (Å²) in [7, 11) is 1.77. The largest absolute Gasteiger partial charge is 0.493 e. The monoisotopic (exact) mass is 369 g/mol. The van der Waals surface area contributed by atoms with Gasteiger partial charge in [-0.3, -0.25) is 4.90 Å². The highest BCUT2D eigenvalue weighted by Gasteiger charge is 2.64. The minimum atomic E-state index is 0.157. The lowest BCUT2D eigenvalue weighted by atomic mass is 9.53. The maximum atomic E-state index is 6.72. The first-order valence-electron chi connectivity index (χ1n) is 10.1. The van der Waals surface area contributed by atoms with Crippen molar-refractivity contribution >= 4 is 11.8 Å². The molecule has 26 heavy (non-hydrogen) atoms. The van der Waals surface area contributed by atoms with Gasteiger partial charge in [-0.15, -0.1) is 0 Å². The third kappa shape index (κ3) is 1.90. The number of piperidine rings is 1. The van der Waals surface area contributed by atoms with Crippen LogP contribution in [-0.2, 0) is 11.8 Å². The Morgan fingerprint density at radius 2 is 2.19 bits per heavy atom. The first kappa shape index (κ1) is 15.9. The van der Waals surface area contributed by atoms with Gasteiger partial charge in [-0.05, 0) is 56.0 Å². The molecule has 2 aliphatic heterocycles. The van der Waals surface area contributed by atoms with E-state index in [2.05, 4.69) is 35.4 Å². The molecule has 1 saturated heterocycles. The number of benzene rings is 1. The number of methoxy groups -OCH3 is 1. The van der Waals surface area contributed by atoms with Crippen LogP contribution in [0, 0.1) is 11.8 Å². The number of hydrogen-bond acceptors (Lipinski definition) is 4. The standard InChI is InChI=1S/C22H27NO2S/c1-24-17-7-5-14-11-16-15-6-8-18(26-2)21-22(15,19(14)20(17)25-21)9-10-23(16)12-13-3-4-13/h5-8,13,15-16,18,21H,3-4,9-12H2,1-2H3/t15-,16+,18+,21-,22-/m0/s1. The summed E-state index contributed by atoms with van der Waals surface area (Å²) in [6, 6.07) is 5.09. The van der Waals surface area contributed by atoms with Crippen LogP contribution in [0.25, 0.3) is 0 Å². The van der Waals surface area contributed by atoms with E-state index < -0.39 is 0 Å². The van der Waals surface area contributed by atoms with Gasteiger partial charge < -0.3 is 9.47 Å². The molecule has 1 saturated carbocycles. The molecular formula is C22H27NO2S. The van der Waals surface area contributed by atoms with E-state index in [1.54, 1.807) is 7.11 Å². The van der Waals surface area contributed by atoms with Gasteiger partial charge in [-0.2, -0.15) is 11.8 Å². The topological polar surface area (TPSA) is 21.7 Å². The van der Waals surface area contributed by atoms with Gasteiger partial charge in [-0.25, -0.2) is 0 Å². The first-order chi connectivity index (χ1) is 12.8. The highest BCUT2D eigenvalue weighted by molar-refractivity contribution is 7.99. The fourth-order valence-corrected chi connectivity index (χ4v) is 7.12. The van der Waals surface area contributed by atoms with Gasteiger partial charge in [0.25, 0.3) is 0 Å². The molecule has 5 atom stereocenters. The maximum Gasteiger partial charge on any atom is 0.165 e. The van der Waals surface area contributed by atoms with Crippen LogP contribution < -0.4 is 9.47 Å². The zero-order valence-electron chi connectivity index (χ0n) is 15.6. The number of thioether (sulfide) groups is 1. The van der Waals surface area contributed by atoms with Crippen molar-refractivity contribution in [3.05, 3.63) is 35.4 Å². The van der Waals surface area contributed by atoms with E-state index in [0.717, 1.165) is 23.8 Å². The summed E-state index contributed by atoms with van der Waals surface area (Å²) in [6.07, 6.45) is 12.7. The summed E-state index contributed by atoms with van der Waals surface area (Å²) in [4.78, 5) is 2.82. The van der Waals surface area contributed by atoms with Crippen molar-refractivity contribution in [1.29, 1.82) is 0 Å². The van der Waals surface area contributed by atoms with Gasteiger partial charge in [0, 0.05) is 29.5 Å². The molecule has 0 radical (unpaired) electrons. The third-order valence-electron chi connectivity index (χ3n) is 7.63. The Kier molecular flexibility index (Phi) is 3.33. The van der Waals surface area contributed by atoms with E-state index in [9.17, 15) is 0 Å². The molecule has 2 bridgehead atoms. The van der Waals surface area contributed by atoms with Crippen molar-refractivity contribution in [2.24, 2.45) is 11.8 Å². The highest BCUT2D eigenvalue weighted by atomic mass is 32.2. The second kappa shape index (κ2) is 5.45. The number of hydrogen-bond donors (Lipinski definition) is 0. The number of likely N-dealkylation sites (tertiary alicyclic amines) is 1. The summed E-state index contributed by atoms with van der Waals surface area (Å²) >= 11 is 1.93. The van der Waals surface area contributed by atoms with Gasteiger partial charge in [-0.1, -0.05) is 18.2 Å². The summed E-state index contributed by atoms with van der Waals surface area (Å²) in [6.45, 7) is 2.53. The van der Waals surface area contributed by atoms with E-state index in [-0.39, 0.29) is 11.5 Å². The molecule has 0 amide bonds. The molecule has 0 N–H and O–H groups in total. The molecule has 2 heterocycles. The predicted octanol–water partition coefficient (Wildman–Crippen LogP) is 3.65. The Hall–Kier alpha value is -1.13. The molecule has 138 valence electrons. The van der Waals surface area contributed by atoms with Crippen LogP contribution in [0.5, 0.6) is 11.5 Å². The van der Waals surface area contributed by atoms with Gasteiger partial charge in [0.2, 0.25) is 0 Å². The fourth-order valence-electron chi connectivity index (χ4n) is 6.32. The van der Waals surface area contributed by atoms with Crippen LogP contribution in [0.1, 0.15) is 30.4 Å². The van der Waals surface area contributed by atoms with Crippen molar-refractivity contribution in [2.45, 2.75) is 48.5 Å². The van der Waals surface area contributed by atoms with Crippen LogP contribution in [0.2, 0.25) is 0 Å². The van der Waals surface area contributed by atoms with Crippen molar-refractivity contribution in [1.82, 2.24) is 4.90 Å². The second-order valence-corrected chi connectivity index (χ2v) is 9.80. The Labute approximate surface area is 160 Å². The predicted molar refractivity (Wildman–Crippen MR) is 105 cm³/mol. The molecule has 0 aromatic heterocycles. The molecule has 3 nitrogen and oxygen atoms in total. The summed E-state index contributed by atoms with van der Waals surface area (Å²) in [5.41, 5.74) is 3.17. The van der Waals surface area contributed by atoms with E-state index >= 15 is 0 Å². The number of ether oxygens (including phenoxy) is 2. The molecule has 2 fully saturated rings. The third-order valence-corrected chi connectivity index (χ3v) is 8.58. The molecule has 5 aliphatic rings. The zero-order chi connectivity index (χ0) is 17.5. The molecule has 4 heteroatoms. The van der Waals surface area contributed by atoms with E-state index in [0.29, 0.717) is 17.2 Å². The van der Waals surface area contributed by atoms with Crippen molar-refractivity contribution < 1.29 is 9.47 Å². The quantitative estimate of drug-likeness (QED) is 0.755. The summed E-state index contributed by atoms with van der Waals surface area (Å²) < 4.78 is 12.4. The maximum absolute atomic E-state index is 6.72. The molecule has 6 rings (SSSR count). The Morgan fingerprint density at radius 1 is 1.31 bits per heavy atom. The molecule has 1 spiro atoms. The minimum absolute atomic E-state index is 0.157. The van der Waals surface area contributed by atoms with Crippen molar-refractivity contribution in [3.63, 3.8) is 0 Å². The zero-order valence-corrected chi connectivity index (χ0v) is 16.4. The SMILES string of the molecule is COc1ccc2c3c1O[C@H]1[C@H](SC)C=C[C@H]4[C@@H](C2)N(CC2CC2)CC[C@@]341.